The molecule has 0 spiro atoms. The van der Waals surface area contributed by atoms with Crippen molar-refractivity contribution in [2.24, 2.45) is 0 Å². The van der Waals surface area contributed by atoms with Crippen LogP contribution < -0.4 is 9.47 Å². The highest BCUT2D eigenvalue weighted by Crippen LogP contribution is 2.41. The minimum absolute atomic E-state index is 0.0869. The van der Waals surface area contributed by atoms with Gasteiger partial charge >= 0.3 is 0 Å². The lowest BCUT2D eigenvalue weighted by Gasteiger charge is -2.10. The van der Waals surface area contributed by atoms with Gasteiger partial charge in [0, 0.05) is 11.8 Å². The average Bonchev–Trinajstić information content (AvgIpc) is 3.28. The highest BCUT2D eigenvalue weighted by molar-refractivity contribution is 7.98. The van der Waals surface area contributed by atoms with Crippen molar-refractivity contribution in [3.8, 4) is 51.3 Å². The summed E-state index contributed by atoms with van der Waals surface area (Å²) < 4.78 is 12.2. The zero-order chi connectivity index (χ0) is 27.5. The number of imidazole rings is 1. The molecule has 2 aromatic heterocycles. The number of thioether (sulfide) groups is 1. The van der Waals surface area contributed by atoms with Crippen LogP contribution in [-0.2, 0) is 6.61 Å². The van der Waals surface area contributed by atoms with Gasteiger partial charge in [0.2, 0.25) is 0 Å². The van der Waals surface area contributed by atoms with E-state index in [0.717, 1.165) is 16.0 Å². The first kappa shape index (κ1) is 26.7. The monoisotopic (exact) mass is 580 g/mol. The van der Waals surface area contributed by atoms with Crippen LogP contribution in [0.25, 0.3) is 34.0 Å². The summed E-state index contributed by atoms with van der Waals surface area (Å²) >= 11 is 14.2. The van der Waals surface area contributed by atoms with Crippen LogP contribution in [0.15, 0.2) is 78.1 Å². The summed E-state index contributed by atoms with van der Waals surface area (Å²) in [6.07, 6.45) is 3.47. The van der Waals surface area contributed by atoms with Crippen LogP contribution in [0.1, 0.15) is 5.56 Å². The summed E-state index contributed by atoms with van der Waals surface area (Å²) in [6, 6.07) is 19.3. The van der Waals surface area contributed by atoms with Crippen LogP contribution in [0.3, 0.4) is 0 Å². The molecule has 0 amide bonds. The molecule has 0 saturated carbocycles. The highest BCUT2D eigenvalue weighted by Gasteiger charge is 2.26. The molecule has 5 rings (SSSR count). The van der Waals surface area contributed by atoms with E-state index in [1.807, 2.05) is 54.8 Å². The quantitative estimate of drug-likeness (QED) is 0.112. The summed E-state index contributed by atoms with van der Waals surface area (Å²) in [5.74, 6) is 1.36. The summed E-state index contributed by atoms with van der Waals surface area (Å²) in [4.78, 5) is 13.5. The predicted octanol–water partition coefficient (Wildman–Crippen LogP) is 7.23. The topological polar surface area (TPSA) is 103 Å². The number of phenols is 1. The lowest BCUT2D eigenvalue weighted by Crippen LogP contribution is -2.00. The number of rotatable bonds is 8. The molecule has 0 aliphatic carbocycles. The number of methoxy groups -OCH3 is 1. The Hall–Kier alpha value is -3.92. The van der Waals surface area contributed by atoms with Gasteiger partial charge in [-0.15, -0.1) is 0 Å². The fraction of sp³-hybridized carbons (Fsp3) is 0.107. The van der Waals surface area contributed by atoms with Gasteiger partial charge in [0.1, 0.15) is 35.2 Å². The number of hydrogen-bond acceptors (Lipinski definition) is 8. The number of nitrogens with zero attached hydrogens (tertiary/aromatic N) is 4. The Labute approximate surface area is 238 Å². The van der Waals surface area contributed by atoms with Crippen LogP contribution in [0.5, 0.6) is 17.2 Å². The molecular formula is C28H22Cl2N4O4S. The van der Waals surface area contributed by atoms with E-state index in [9.17, 15) is 10.3 Å². The second-order valence-electron chi connectivity index (χ2n) is 8.32. The second-order valence-corrected chi connectivity index (χ2v) is 9.91. The van der Waals surface area contributed by atoms with Crippen LogP contribution in [0.2, 0.25) is 10.0 Å². The predicted molar refractivity (Wildman–Crippen MR) is 152 cm³/mol. The van der Waals surface area contributed by atoms with Crippen molar-refractivity contribution in [2.45, 2.75) is 11.8 Å². The molecule has 0 bridgehead atoms. The Kier molecular flexibility index (Phi) is 7.83. The minimum Gasteiger partial charge on any atom is -0.508 e. The molecule has 0 radical (unpaired) electrons. The van der Waals surface area contributed by atoms with E-state index < -0.39 is 0 Å². The number of aromatic hydroxyl groups is 1. The molecule has 0 aliphatic heterocycles. The van der Waals surface area contributed by atoms with Gasteiger partial charge in [-0.25, -0.2) is 15.0 Å². The third kappa shape index (κ3) is 5.61. The van der Waals surface area contributed by atoms with E-state index in [4.69, 9.17) is 37.7 Å². The Morgan fingerprint density at radius 1 is 0.949 bits per heavy atom. The van der Waals surface area contributed by atoms with Crippen LogP contribution >= 0.6 is 35.0 Å². The van der Waals surface area contributed by atoms with E-state index in [2.05, 4.69) is 9.97 Å². The van der Waals surface area contributed by atoms with Crippen molar-refractivity contribution in [2.75, 3.05) is 13.4 Å². The van der Waals surface area contributed by atoms with Crippen LogP contribution in [0, 0.1) is 0 Å². The van der Waals surface area contributed by atoms with Crippen molar-refractivity contribution < 1.29 is 19.8 Å². The lowest BCUT2D eigenvalue weighted by atomic mass is 10.1. The minimum atomic E-state index is -0.104. The molecule has 39 heavy (non-hydrogen) atoms. The molecule has 2 heterocycles. The van der Waals surface area contributed by atoms with E-state index in [1.54, 1.807) is 19.4 Å². The van der Waals surface area contributed by atoms with Crippen LogP contribution in [0.4, 0.5) is 0 Å². The Morgan fingerprint density at radius 2 is 1.69 bits per heavy atom. The maximum Gasteiger partial charge on any atom is 0.187 e. The van der Waals surface area contributed by atoms with Crippen molar-refractivity contribution in [3.05, 3.63) is 88.5 Å². The molecule has 8 nitrogen and oxygen atoms in total. The van der Waals surface area contributed by atoms with Gasteiger partial charge in [-0.3, -0.25) is 0 Å². The average molecular weight is 581 g/mol. The molecule has 11 heteroatoms. The maximum atomic E-state index is 11.4. The van der Waals surface area contributed by atoms with Gasteiger partial charge < -0.3 is 19.8 Å². The zero-order valence-electron chi connectivity index (χ0n) is 20.8. The number of phenolic OH excluding ortho intramolecular Hbond substituents is 1. The first-order valence-corrected chi connectivity index (χ1v) is 13.6. The fourth-order valence-corrected chi connectivity index (χ4v) is 4.97. The normalized spacial score (nSPS) is 11.0. The van der Waals surface area contributed by atoms with Gasteiger partial charge in [-0.05, 0) is 54.3 Å². The number of ether oxygens (including phenoxy) is 2. The van der Waals surface area contributed by atoms with Crippen molar-refractivity contribution in [3.63, 3.8) is 0 Å². The van der Waals surface area contributed by atoms with E-state index in [-0.39, 0.29) is 27.2 Å². The Balaban J connectivity index is 1.59. The second kappa shape index (κ2) is 11.4. The molecule has 3 aromatic carbocycles. The molecule has 0 unspecified atom stereocenters. The largest absolute Gasteiger partial charge is 0.508 e. The summed E-state index contributed by atoms with van der Waals surface area (Å²) in [5.41, 5.74) is 3.09. The summed E-state index contributed by atoms with van der Waals surface area (Å²) in [5, 5.41) is 22.1. The number of aromatic nitrogens is 4. The molecule has 198 valence electrons. The third-order valence-corrected chi connectivity index (χ3v) is 6.99. The SMILES string of the molecule is COc1ccc(COc2cccc(-c3nc(-c4c(Cl)cc(O)cc4Cl)n(O)c3-c3ccnc(SC)n3)c2)cc1. The molecule has 0 saturated heterocycles. The van der Waals surface area contributed by atoms with Crippen molar-refractivity contribution >= 4 is 35.0 Å². The van der Waals surface area contributed by atoms with Gasteiger partial charge in [0.25, 0.3) is 0 Å². The zero-order valence-corrected chi connectivity index (χ0v) is 23.1. The maximum absolute atomic E-state index is 11.4. The Bertz CT molecular complexity index is 1620. The number of halogens is 2. The molecule has 0 aliphatic rings. The van der Waals surface area contributed by atoms with Crippen LogP contribution in [-0.4, -0.2) is 43.4 Å². The molecular weight excluding hydrogens is 559 g/mol. The van der Waals surface area contributed by atoms with Crippen molar-refractivity contribution in [1.29, 1.82) is 0 Å². The van der Waals surface area contributed by atoms with E-state index >= 15 is 0 Å². The molecule has 0 fully saturated rings. The van der Waals surface area contributed by atoms with Crippen molar-refractivity contribution in [1.82, 2.24) is 19.7 Å². The van der Waals surface area contributed by atoms with Gasteiger partial charge in [0.15, 0.2) is 11.0 Å². The van der Waals surface area contributed by atoms with Gasteiger partial charge in [0.05, 0.1) is 28.4 Å². The highest BCUT2D eigenvalue weighted by atomic mass is 35.5. The van der Waals surface area contributed by atoms with E-state index in [1.165, 1.54) is 23.9 Å². The number of hydrogen-bond donors (Lipinski definition) is 2. The summed E-state index contributed by atoms with van der Waals surface area (Å²) in [7, 11) is 1.62. The standard InChI is InChI=1S/C28H22Cl2N4O4S/c1-37-19-8-6-16(7-9-19)15-38-20-5-3-4-17(12-20)25-26(23-10-11-31-28(32-23)39-2)34(36)27(33-25)24-21(29)13-18(35)14-22(24)30/h3-14,35-36H,15H2,1-2H3. The molecule has 0 atom stereocenters. The number of benzene rings is 3. The molecule has 2 N–H and O–H groups in total. The molecule has 5 aromatic rings. The van der Waals surface area contributed by atoms with E-state index in [0.29, 0.717) is 40.2 Å². The first-order chi connectivity index (χ1) is 18.9. The smallest absolute Gasteiger partial charge is 0.187 e. The van der Waals surface area contributed by atoms with Gasteiger partial charge in [-0.1, -0.05) is 59.2 Å². The summed E-state index contributed by atoms with van der Waals surface area (Å²) in [6.45, 7) is 0.349. The Morgan fingerprint density at radius 3 is 2.38 bits per heavy atom. The van der Waals surface area contributed by atoms with Gasteiger partial charge in [-0.2, -0.15) is 4.73 Å². The third-order valence-electron chi connectivity index (χ3n) is 5.84. The lowest BCUT2D eigenvalue weighted by molar-refractivity contribution is 0.195. The fourth-order valence-electron chi connectivity index (χ4n) is 3.97. The first-order valence-electron chi connectivity index (χ1n) is 11.6.